The maximum absolute atomic E-state index is 10.5. The van der Waals surface area contributed by atoms with E-state index in [9.17, 15) is 4.79 Å². The zero-order chi connectivity index (χ0) is 11.4. The van der Waals surface area contributed by atoms with Crippen LogP contribution in [-0.4, -0.2) is 19.2 Å². The molecule has 0 spiro atoms. The SMILES string of the molecule is O=C=NC(c1ccc(Br)cc1)C1CCNC1. The van der Waals surface area contributed by atoms with Crippen LogP contribution in [0.1, 0.15) is 18.0 Å². The Bertz CT molecular complexity index is 392. The van der Waals surface area contributed by atoms with Crippen LogP contribution in [-0.2, 0) is 4.79 Å². The molecule has 2 unspecified atom stereocenters. The summed E-state index contributed by atoms with van der Waals surface area (Å²) in [5.74, 6) is 0.405. The van der Waals surface area contributed by atoms with Crippen LogP contribution < -0.4 is 5.32 Å². The van der Waals surface area contributed by atoms with E-state index < -0.39 is 0 Å². The van der Waals surface area contributed by atoms with E-state index in [2.05, 4.69) is 26.2 Å². The summed E-state index contributed by atoms with van der Waals surface area (Å²) < 4.78 is 1.04. The first kappa shape index (κ1) is 11.5. The lowest BCUT2D eigenvalue weighted by molar-refractivity contribution is 0.465. The molecule has 1 heterocycles. The zero-order valence-electron chi connectivity index (χ0n) is 8.82. The molecule has 0 radical (unpaired) electrons. The van der Waals surface area contributed by atoms with Gasteiger partial charge in [-0.25, -0.2) is 4.79 Å². The zero-order valence-corrected chi connectivity index (χ0v) is 10.4. The van der Waals surface area contributed by atoms with Crippen molar-refractivity contribution in [3.8, 4) is 0 Å². The monoisotopic (exact) mass is 280 g/mol. The molecule has 16 heavy (non-hydrogen) atoms. The van der Waals surface area contributed by atoms with E-state index in [4.69, 9.17) is 0 Å². The Morgan fingerprint density at radius 1 is 1.44 bits per heavy atom. The summed E-state index contributed by atoms with van der Waals surface area (Å²) in [6.45, 7) is 1.93. The van der Waals surface area contributed by atoms with Crippen molar-refractivity contribution in [2.45, 2.75) is 12.5 Å². The van der Waals surface area contributed by atoms with Crippen LogP contribution in [0.3, 0.4) is 0 Å². The molecule has 4 heteroatoms. The Hall–Kier alpha value is -0.960. The second-order valence-corrected chi connectivity index (χ2v) is 4.89. The number of benzene rings is 1. The third-order valence-corrected chi connectivity index (χ3v) is 3.48. The molecule has 2 atom stereocenters. The highest BCUT2D eigenvalue weighted by Crippen LogP contribution is 2.30. The molecule has 1 aliphatic heterocycles. The van der Waals surface area contributed by atoms with E-state index >= 15 is 0 Å². The van der Waals surface area contributed by atoms with Gasteiger partial charge < -0.3 is 5.32 Å². The van der Waals surface area contributed by atoms with Crippen LogP contribution in [0.4, 0.5) is 0 Å². The third kappa shape index (κ3) is 2.59. The summed E-state index contributed by atoms with van der Waals surface area (Å²) in [6.07, 6.45) is 2.75. The second-order valence-electron chi connectivity index (χ2n) is 3.97. The van der Waals surface area contributed by atoms with Gasteiger partial charge in [-0.15, -0.1) is 0 Å². The molecule has 1 saturated heterocycles. The molecule has 1 aromatic carbocycles. The molecular weight excluding hydrogens is 268 g/mol. The molecule has 1 N–H and O–H groups in total. The molecule has 1 aliphatic rings. The van der Waals surface area contributed by atoms with Crippen LogP contribution in [0.5, 0.6) is 0 Å². The number of nitrogens with zero attached hydrogens (tertiary/aromatic N) is 1. The molecule has 0 bridgehead atoms. The van der Waals surface area contributed by atoms with Crippen LogP contribution >= 0.6 is 15.9 Å². The maximum Gasteiger partial charge on any atom is 0.235 e. The van der Waals surface area contributed by atoms with Crippen molar-refractivity contribution in [1.29, 1.82) is 0 Å². The molecular formula is C12H13BrN2O. The Labute approximate surface area is 103 Å². The quantitative estimate of drug-likeness (QED) is 0.683. The number of rotatable bonds is 3. The van der Waals surface area contributed by atoms with Crippen molar-refractivity contribution < 1.29 is 4.79 Å². The van der Waals surface area contributed by atoms with Crippen LogP contribution in [0.25, 0.3) is 0 Å². The van der Waals surface area contributed by atoms with Crippen molar-refractivity contribution >= 4 is 22.0 Å². The lowest BCUT2D eigenvalue weighted by Gasteiger charge is -2.17. The topological polar surface area (TPSA) is 41.5 Å². The van der Waals surface area contributed by atoms with Crippen LogP contribution in [0.2, 0.25) is 0 Å². The molecule has 0 amide bonds. The van der Waals surface area contributed by atoms with Crippen LogP contribution in [0, 0.1) is 5.92 Å². The second kappa shape index (κ2) is 5.39. The molecule has 0 aromatic heterocycles. The van der Waals surface area contributed by atoms with Gasteiger partial charge in [-0.05, 0) is 36.6 Å². The Morgan fingerprint density at radius 2 is 2.19 bits per heavy atom. The molecule has 84 valence electrons. The average molecular weight is 281 g/mol. The molecule has 1 fully saturated rings. The minimum Gasteiger partial charge on any atom is -0.316 e. The molecule has 0 saturated carbocycles. The van der Waals surface area contributed by atoms with Gasteiger partial charge in [0.05, 0.1) is 6.04 Å². The first-order chi connectivity index (χ1) is 7.81. The number of hydrogen-bond acceptors (Lipinski definition) is 3. The van der Waals surface area contributed by atoms with Gasteiger partial charge in [-0.2, -0.15) is 4.99 Å². The fraction of sp³-hybridized carbons (Fsp3) is 0.417. The van der Waals surface area contributed by atoms with Gasteiger partial charge in [-0.3, -0.25) is 0 Å². The molecule has 1 aromatic rings. The largest absolute Gasteiger partial charge is 0.316 e. The Balaban J connectivity index is 2.24. The number of isocyanates is 1. The standard InChI is InChI=1S/C12H13BrN2O/c13-11-3-1-9(2-4-11)12(15-8-16)10-5-6-14-7-10/h1-4,10,12,14H,5-7H2. The Kier molecular flexibility index (Phi) is 3.88. The van der Waals surface area contributed by atoms with E-state index in [-0.39, 0.29) is 6.04 Å². The number of hydrogen-bond donors (Lipinski definition) is 1. The summed E-state index contributed by atoms with van der Waals surface area (Å²) in [4.78, 5) is 14.4. The summed E-state index contributed by atoms with van der Waals surface area (Å²) >= 11 is 3.40. The number of aliphatic imine (C=N–C) groups is 1. The van der Waals surface area contributed by atoms with Crippen molar-refractivity contribution in [3.05, 3.63) is 34.3 Å². The van der Waals surface area contributed by atoms with E-state index in [1.807, 2.05) is 24.3 Å². The smallest absolute Gasteiger partial charge is 0.235 e. The van der Waals surface area contributed by atoms with Crippen molar-refractivity contribution in [2.24, 2.45) is 10.9 Å². The highest BCUT2D eigenvalue weighted by atomic mass is 79.9. The van der Waals surface area contributed by atoms with Crippen molar-refractivity contribution in [2.75, 3.05) is 13.1 Å². The summed E-state index contributed by atoms with van der Waals surface area (Å²) in [6, 6.07) is 7.92. The maximum atomic E-state index is 10.5. The summed E-state index contributed by atoms with van der Waals surface area (Å²) in [5, 5.41) is 3.29. The van der Waals surface area contributed by atoms with E-state index in [1.165, 1.54) is 0 Å². The van der Waals surface area contributed by atoms with Gasteiger partial charge >= 0.3 is 0 Å². The average Bonchev–Trinajstić information content (AvgIpc) is 2.81. The van der Waals surface area contributed by atoms with Gasteiger partial charge in [-0.1, -0.05) is 28.1 Å². The van der Waals surface area contributed by atoms with E-state index in [0.29, 0.717) is 5.92 Å². The van der Waals surface area contributed by atoms with Crippen molar-refractivity contribution in [3.63, 3.8) is 0 Å². The summed E-state index contributed by atoms with van der Waals surface area (Å²) in [7, 11) is 0. The first-order valence-corrected chi connectivity index (χ1v) is 6.13. The van der Waals surface area contributed by atoms with E-state index in [1.54, 1.807) is 6.08 Å². The first-order valence-electron chi connectivity index (χ1n) is 5.34. The van der Waals surface area contributed by atoms with Gasteiger partial charge in [0.15, 0.2) is 0 Å². The minimum atomic E-state index is -0.0550. The fourth-order valence-corrected chi connectivity index (χ4v) is 2.38. The minimum absolute atomic E-state index is 0.0550. The van der Waals surface area contributed by atoms with Gasteiger partial charge in [0.25, 0.3) is 0 Å². The molecule has 3 nitrogen and oxygen atoms in total. The fourth-order valence-electron chi connectivity index (χ4n) is 2.12. The third-order valence-electron chi connectivity index (χ3n) is 2.95. The number of nitrogens with one attached hydrogen (secondary N) is 1. The van der Waals surface area contributed by atoms with Gasteiger partial charge in [0, 0.05) is 11.0 Å². The highest BCUT2D eigenvalue weighted by Gasteiger charge is 2.25. The lowest BCUT2D eigenvalue weighted by atomic mass is 9.93. The highest BCUT2D eigenvalue weighted by molar-refractivity contribution is 9.10. The Morgan fingerprint density at radius 3 is 2.75 bits per heavy atom. The lowest BCUT2D eigenvalue weighted by Crippen LogP contribution is -2.15. The normalized spacial score (nSPS) is 21.4. The van der Waals surface area contributed by atoms with Crippen LogP contribution in [0.15, 0.2) is 33.7 Å². The van der Waals surface area contributed by atoms with Gasteiger partial charge in [0.2, 0.25) is 6.08 Å². The molecule has 0 aliphatic carbocycles. The molecule has 2 rings (SSSR count). The summed E-state index contributed by atoms with van der Waals surface area (Å²) in [5.41, 5.74) is 1.08. The number of carbonyl (C=O) groups excluding carboxylic acids is 1. The van der Waals surface area contributed by atoms with Gasteiger partial charge in [0.1, 0.15) is 0 Å². The van der Waals surface area contributed by atoms with Crippen molar-refractivity contribution in [1.82, 2.24) is 5.32 Å². The predicted octanol–water partition coefficient (Wildman–Crippen LogP) is 2.44. The van der Waals surface area contributed by atoms with E-state index in [0.717, 1.165) is 29.5 Å². The number of halogens is 1. The predicted molar refractivity (Wildman–Crippen MR) is 66.0 cm³/mol.